The quantitative estimate of drug-likeness (QED) is 0.786. The third kappa shape index (κ3) is 4.38. The lowest BCUT2D eigenvalue weighted by Gasteiger charge is -2.19. The summed E-state index contributed by atoms with van der Waals surface area (Å²) in [6.45, 7) is 1.44. The molecular formula is C20H23ClFN5O2. The smallest absolute Gasteiger partial charge is 0.274 e. The molecule has 7 nitrogen and oxygen atoms in total. The van der Waals surface area contributed by atoms with E-state index in [1.165, 1.54) is 24.5 Å². The van der Waals surface area contributed by atoms with Gasteiger partial charge in [-0.15, -0.1) is 12.4 Å². The predicted octanol–water partition coefficient (Wildman–Crippen LogP) is 1.78. The summed E-state index contributed by atoms with van der Waals surface area (Å²) in [5.41, 5.74) is 6.94. The summed E-state index contributed by atoms with van der Waals surface area (Å²) in [7, 11) is 0. The Kier molecular flexibility index (Phi) is 6.44. The maximum atomic E-state index is 13.0. The molecule has 29 heavy (non-hydrogen) atoms. The molecule has 0 spiro atoms. The molecule has 2 amide bonds. The predicted molar refractivity (Wildman–Crippen MR) is 107 cm³/mol. The highest BCUT2D eigenvalue weighted by Crippen LogP contribution is 2.37. The molecule has 1 aliphatic heterocycles. The van der Waals surface area contributed by atoms with Gasteiger partial charge < -0.3 is 16.0 Å². The molecule has 1 aromatic heterocycles. The molecule has 2 aromatic rings. The topological polar surface area (TPSA) is 101 Å². The van der Waals surface area contributed by atoms with Gasteiger partial charge in [-0.2, -0.15) is 0 Å². The minimum Gasteiger partial charge on any atom is -0.347 e. The number of nitrogens with two attached hydrogens (primary N) is 1. The van der Waals surface area contributed by atoms with Crippen molar-refractivity contribution in [3.05, 3.63) is 59.4 Å². The van der Waals surface area contributed by atoms with Crippen molar-refractivity contribution < 1.29 is 14.0 Å². The number of carbonyl (C=O) groups excluding carboxylic acids is 2. The third-order valence-corrected chi connectivity index (χ3v) is 5.68. The fourth-order valence-corrected chi connectivity index (χ4v) is 4.15. The standard InChI is InChI=1S/C20H22FN5O2.ClH/c21-14-4-1-12(2-5-14)9-25-19(27)17-18(24-8-7-23-17)20(28)26-10-13-3-6-16(22)15(13)11-26;/h1-2,4-5,7-8,13,15-16H,3,6,9-11,22H2,(H,25,27);1H. The van der Waals surface area contributed by atoms with Crippen LogP contribution in [0.1, 0.15) is 39.4 Å². The van der Waals surface area contributed by atoms with Crippen molar-refractivity contribution in [3.63, 3.8) is 0 Å². The van der Waals surface area contributed by atoms with Crippen LogP contribution in [0.2, 0.25) is 0 Å². The van der Waals surface area contributed by atoms with E-state index in [1.54, 1.807) is 17.0 Å². The van der Waals surface area contributed by atoms with Crippen molar-refractivity contribution >= 4 is 24.2 Å². The van der Waals surface area contributed by atoms with Gasteiger partial charge in [-0.05, 0) is 42.4 Å². The average molecular weight is 420 g/mol. The van der Waals surface area contributed by atoms with Crippen LogP contribution in [0.4, 0.5) is 4.39 Å². The van der Waals surface area contributed by atoms with Crippen molar-refractivity contribution in [2.45, 2.75) is 25.4 Å². The molecule has 2 fully saturated rings. The van der Waals surface area contributed by atoms with E-state index in [0.29, 0.717) is 24.9 Å². The first-order chi connectivity index (χ1) is 13.5. The molecule has 3 N–H and O–H groups in total. The van der Waals surface area contributed by atoms with Gasteiger partial charge in [-0.25, -0.2) is 14.4 Å². The molecule has 9 heteroatoms. The Morgan fingerprint density at radius 3 is 2.48 bits per heavy atom. The largest absolute Gasteiger partial charge is 0.347 e. The van der Waals surface area contributed by atoms with E-state index in [-0.39, 0.29) is 48.1 Å². The minimum atomic E-state index is -0.489. The molecule has 154 valence electrons. The number of rotatable bonds is 4. The van der Waals surface area contributed by atoms with Crippen LogP contribution in [0, 0.1) is 17.7 Å². The molecule has 3 atom stereocenters. The first-order valence-electron chi connectivity index (χ1n) is 9.41. The normalized spacial score (nSPS) is 22.7. The Bertz CT molecular complexity index is 895. The molecule has 1 saturated heterocycles. The van der Waals surface area contributed by atoms with Gasteiger partial charge in [0.1, 0.15) is 5.82 Å². The highest BCUT2D eigenvalue weighted by atomic mass is 35.5. The zero-order chi connectivity index (χ0) is 19.7. The van der Waals surface area contributed by atoms with Gasteiger partial charge >= 0.3 is 0 Å². The maximum absolute atomic E-state index is 13.0. The van der Waals surface area contributed by atoms with Gasteiger partial charge in [-0.3, -0.25) is 9.59 Å². The van der Waals surface area contributed by atoms with Crippen LogP contribution >= 0.6 is 12.4 Å². The number of hydrogen-bond acceptors (Lipinski definition) is 5. The Labute approximate surface area is 174 Å². The summed E-state index contributed by atoms with van der Waals surface area (Å²) in [6.07, 6.45) is 4.82. The van der Waals surface area contributed by atoms with E-state index in [9.17, 15) is 14.0 Å². The van der Waals surface area contributed by atoms with Crippen LogP contribution in [0.5, 0.6) is 0 Å². The molecule has 2 heterocycles. The molecule has 0 radical (unpaired) electrons. The second-order valence-electron chi connectivity index (χ2n) is 7.44. The van der Waals surface area contributed by atoms with Crippen LogP contribution in [0.15, 0.2) is 36.7 Å². The molecule has 4 rings (SSSR count). The third-order valence-electron chi connectivity index (χ3n) is 5.68. The van der Waals surface area contributed by atoms with Gasteiger partial charge in [0, 0.05) is 38.1 Å². The zero-order valence-electron chi connectivity index (χ0n) is 15.8. The molecule has 1 saturated carbocycles. The van der Waals surface area contributed by atoms with Gasteiger partial charge in [0.25, 0.3) is 11.8 Å². The van der Waals surface area contributed by atoms with E-state index in [1.807, 2.05) is 0 Å². The van der Waals surface area contributed by atoms with Crippen molar-refractivity contribution in [2.75, 3.05) is 13.1 Å². The fourth-order valence-electron chi connectivity index (χ4n) is 4.15. The Hall–Kier alpha value is -2.58. The Balaban J connectivity index is 0.00000240. The summed E-state index contributed by atoms with van der Waals surface area (Å²) in [5.74, 6) is -0.381. The van der Waals surface area contributed by atoms with Gasteiger partial charge in [0.15, 0.2) is 11.4 Å². The number of benzene rings is 1. The van der Waals surface area contributed by atoms with Crippen molar-refractivity contribution in [2.24, 2.45) is 17.6 Å². The maximum Gasteiger partial charge on any atom is 0.274 e. The molecule has 2 aliphatic rings. The van der Waals surface area contributed by atoms with E-state index in [4.69, 9.17) is 5.73 Å². The zero-order valence-corrected chi connectivity index (χ0v) is 16.6. The number of fused-ring (bicyclic) bond motifs is 1. The first kappa shape index (κ1) is 21.1. The number of halogens is 2. The summed E-state index contributed by atoms with van der Waals surface area (Å²) >= 11 is 0. The van der Waals surface area contributed by atoms with E-state index < -0.39 is 5.91 Å². The number of likely N-dealkylation sites (tertiary alicyclic amines) is 1. The second kappa shape index (κ2) is 8.84. The summed E-state index contributed by atoms with van der Waals surface area (Å²) in [4.78, 5) is 35.5. The molecular weight excluding hydrogens is 397 g/mol. The lowest BCUT2D eigenvalue weighted by molar-refractivity contribution is 0.0764. The van der Waals surface area contributed by atoms with Crippen molar-refractivity contribution in [1.82, 2.24) is 20.2 Å². The number of nitrogens with one attached hydrogen (secondary N) is 1. The van der Waals surface area contributed by atoms with E-state index in [2.05, 4.69) is 15.3 Å². The average Bonchev–Trinajstić information content (AvgIpc) is 3.29. The fraction of sp³-hybridized carbons (Fsp3) is 0.400. The van der Waals surface area contributed by atoms with Crippen LogP contribution in [0.25, 0.3) is 0 Å². The first-order valence-corrected chi connectivity index (χ1v) is 9.41. The van der Waals surface area contributed by atoms with Crippen molar-refractivity contribution in [1.29, 1.82) is 0 Å². The minimum absolute atomic E-state index is 0. The monoisotopic (exact) mass is 419 g/mol. The number of hydrogen-bond donors (Lipinski definition) is 2. The van der Waals surface area contributed by atoms with Crippen LogP contribution < -0.4 is 11.1 Å². The summed E-state index contributed by atoms with van der Waals surface area (Å²) in [5, 5.41) is 2.71. The van der Waals surface area contributed by atoms with E-state index in [0.717, 1.165) is 18.4 Å². The lowest BCUT2D eigenvalue weighted by atomic mass is 9.98. The lowest BCUT2D eigenvalue weighted by Crippen LogP contribution is -2.36. The van der Waals surface area contributed by atoms with Crippen molar-refractivity contribution in [3.8, 4) is 0 Å². The summed E-state index contributed by atoms with van der Waals surface area (Å²) < 4.78 is 13.0. The Morgan fingerprint density at radius 2 is 1.79 bits per heavy atom. The van der Waals surface area contributed by atoms with Gasteiger partial charge in [0.2, 0.25) is 0 Å². The second-order valence-corrected chi connectivity index (χ2v) is 7.44. The van der Waals surface area contributed by atoms with Crippen LogP contribution in [-0.2, 0) is 6.54 Å². The van der Waals surface area contributed by atoms with Crippen LogP contribution in [0.3, 0.4) is 0 Å². The van der Waals surface area contributed by atoms with Crippen LogP contribution in [-0.4, -0.2) is 45.8 Å². The highest BCUT2D eigenvalue weighted by Gasteiger charge is 2.43. The number of nitrogens with zero attached hydrogens (tertiary/aromatic N) is 3. The molecule has 1 aromatic carbocycles. The molecule has 3 unspecified atom stereocenters. The number of amides is 2. The highest BCUT2D eigenvalue weighted by molar-refractivity contribution is 6.04. The SMILES string of the molecule is Cl.NC1CCC2CN(C(=O)c3nccnc3C(=O)NCc3ccc(F)cc3)CC12. The molecule has 1 aliphatic carbocycles. The van der Waals surface area contributed by atoms with Gasteiger partial charge in [-0.1, -0.05) is 12.1 Å². The number of carbonyl (C=O) groups is 2. The van der Waals surface area contributed by atoms with Gasteiger partial charge in [0.05, 0.1) is 0 Å². The van der Waals surface area contributed by atoms with E-state index >= 15 is 0 Å². The summed E-state index contributed by atoms with van der Waals surface area (Å²) in [6, 6.07) is 5.96. The molecule has 0 bridgehead atoms. The number of aromatic nitrogens is 2. The Morgan fingerprint density at radius 1 is 1.10 bits per heavy atom.